The van der Waals surface area contributed by atoms with Crippen molar-refractivity contribution < 1.29 is 13.6 Å². The zero-order valence-corrected chi connectivity index (χ0v) is 13.4. The van der Waals surface area contributed by atoms with Crippen LogP contribution in [0.2, 0.25) is 0 Å². The minimum Gasteiger partial charge on any atom is -0.312 e. The SMILES string of the molecule is COP(=O)(CCCCCCC=Cc1ccccc1)OC. The fraction of sp³-hybridized carbons (Fsp3) is 0.500. The molecule has 0 aliphatic rings. The summed E-state index contributed by atoms with van der Waals surface area (Å²) in [5.41, 5.74) is 1.24. The molecule has 0 saturated heterocycles. The Bertz CT molecular complexity index is 421. The largest absolute Gasteiger partial charge is 0.330 e. The third-order valence-electron chi connectivity index (χ3n) is 3.22. The van der Waals surface area contributed by atoms with Gasteiger partial charge < -0.3 is 9.05 Å². The van der Waals surface area contributed by atoms with E-state index in [1.165, 1.54) is 19.8 Å². The second kappa shape index (κ2) is 9.93. The first-order valence-electron chi connectivity index (χ1n) is 7.12. The van der Waals surface area contributed by atoms with Gasteiger partial charge in [-0.05, 0) is 24.8 Å². The number of rotatable bonds is 10. The topological polar surface area (TPSA) is 35.5 Å². The molecule has 1 aromatic carbocycles. The van der Waals surface area contributed by atoms with Crippen LogP contribution in [0.4, 0.5) is 0 Å². The van der Waals surface area contributed by atoms with E-state index in [0.717, 1.165) is 32.1 Å². The van der Waals surface area contributed by atoms with Gasteiger partial charge >= 0.3 is 7.60 Å². The van der Waals surface area contributed by atoms with Crippen molar-refractivity contribution in [2.24, 2.45) is 0 Å². The Morgan fingerprint density at radius 3 is 2.30 bits per heavy atom. The van der Waals surface area contributed by atoms with Crippen molar-refractivity contribution in [2.75, 3.05) is 20.4 Å². The van der Waals surface area contributed by atoms with E-state index < -0.39 is 7.60 Å². The Kier molecular flexibility index (Phi) is 8.52. The highest BCUT2D eigenvalue weighted by Gasteiger charge is 2.19. The van der Waals surface area contributed by atoms with E-state index >= 15 is 0 Å². The van der Waals surface area contributed by atoms with Gasteiger partial charge in [-0.25, -0.2) is 0 Å². The second-order valence-electron chi connectivity index (χ2n) is 4.72. The molecule has 112 valence electrons. The molecule has 0 spiro atoms. The van der Waals surface area contributed by atoms with Gasteiger partial charge in [0, 0.05) is 14.2 Å². The molecular formula is C16H25O3P. The van der Waals surface area contributed by atoms with E-state index in [1.807, 2.05) is 18.2 Å². The predicted molar refractivity (Wildman–Crippen MR) is 85.1 cm³/mol. The van der Waals surface area contributed by atoms with Crippen molar-refractivity contribution in [1.29, 1.82) is 0 Å². The molecule has 0 bridgehead atoms. The Morgan fingerprint density at radius 2 is 1.65 bits per heavy atom. The number of hydrogen-bond acceptors (Lipinski definition) is 3. The van der Waals surface area contributed by atoms with Gasteiger partial charge in [-0.3, -0.25) is 4.57 Å². The van der Waals surface area contributed by atoms with Gasteiger partial charge in [0.2, 0.25) is 0 Å². The van der Waals surface area contributed by atoms with Crippen molar-refractivity contribution in [3.8, 4) is 0 Å². The lowest BCUT2D eigenvalue weighted by Gasteiger charge is -2.12. The van der Waals surface area contributed by atoms with Crippen LogP contribution in [0.15, 0.2) is 36.4 Å². The molecule has 0 heterocycles. The molecule has 0 aliphatic heterocycles. The lowest BCUT2D eigenvalue weighted by Crippen LogP contribution is -1.94. The van der Waals surface area contributed by atoms with Crippen LogP contribution in [-0.4, -0.2) is 20.4 Å². The molecule has 0 fully saturated rings. The Labute approximate surface area is 122 Å². The van der Waals surface area contributed by atoms with Crippen molar-refractivity contribution in [3.63, 3.8) is 0 Å². The summed E-state index contributed by atoms with van der Waals surface area (Å²) < 4.78 is 21.6. The minimum atomic E-state index is -2.80. The summed E-state index contributed by atoms with van der Waals surface area (Å²) in [6, 6.07) is 10.3. The number of allylic oxidation sites excluding steroid dienone is 1. The van der Waals surface area contributed by atoms with Crippen LogP contribution in [-0.2, 0) is 13.6 Å². The molecule has 0 aliphatic carbocycles. The number of benzene rings is 1. The van der Waals surface area contributed by atoms with Crippen molar-refractivity contribution in [3.05, 3.63) is 42.0 Å². The van der Waals surface area contributed by atoms with Crippen LogP contribution in [0.3, 0.4) is 0 Å². The Morgan fingerprint density at radius 1 is 1.00 bits per heavy atom. The van der Waals surface area contributed by atoms with Gasteiger partial charge in [0.05, 0.1) is 6.16 Å². The summed E-state index contributed by atoms with van der Waals surface area (Å²) in [5, 5.41) is 0. The fourth-order valence-corrected chi connectivity index (χ4v) is 3.09. The predicted octanol–water partition coefficient (Wildman–Crippen LogP) is 5.14. The fourth-order valence-electron chi connectivity index (χ4n) is 1.96. The van der Waals surface area contributed by atoms with Gasteiger partial charge in [-0.1, -0.05) is 55.3 Å². The molecule has 0 atom stereocenters. The molecule has 1 rings (SSSR count). The average Bonchev–Trinajstić information content (AvgIpc) is 2.50. The van der Waals surface area contributed by atoms with E-state index in [1.54, 1.807) is 0 Å². The summed E-state index contributed by atoms with van der Waals surface area (Å²) in [5.74, 6) is 0. The molecule has 4 heteroatoms. The summed E-state index contributed by atoms with van der Waals surface area (Å²) >= 11 is 0. The maximum atomic E-state index is 11.8. The molecule has 0 saturated carbocycles. The van der Waals surface area contributed by atoms with E-state index in [0.29, 0.717) is 6.16 Å². The molecule has 0 aromatic heterocycles. The number of hydrogen-bond donors (Lipinski definition) is 0. The van der Waals surface area contributed by atoms with Crippen LogP contribution in [0.5, 0.6) is 0 Å². The van der Waals surface area contributed by atoms with Crippen LogP contribution in [0.1, 0.15) is 37.7 Å². The van der Waals surface area contributed by atoms with Gasteiger partial charge in [0.15, 0.2) is 0 Å². The molecule has 20 heavy (non-hydrogen) atoms. The zero-order valence-electron chi connectivity index (χ0n) is 12.5. The Hall–Kier alpha value is -0.890. The van der Waals surface area contributed by atoms with Gasteiger partial charge in [0.1, 0.15) is 0 Å². The van der Waals surface area contributed by atoms with E-state index in [2.05, 4.69) is 24.3 Å². The molecule has 0 N–H and O–H groups in total. The summed E-state index contributed by atoms with van der Waals surface area (Å²) in [7, 11) is 0.0897. The standard InChI is InChI=1S/C16H25O3P/c1-18-20(17,19-2)15-11-6-4-3-5-8-12-16-13-9-7-10-14-16/h7-10,12-14H,3-6,11,15H2,1-2H3. The first-order chi connectivity index (χ1) is 9.70. The highest BCUT2D eigenvalue weighted by Crippen LogP contribution is 2.47. The average molecular weight is 296 g/mol. The van der Waals surface area contributed by atoms with Crippen LogP contribution in [0, 0.1) is 0 Å². The second-order valence-corrected chi connectivity index (χ2v) is 7.11. The Balaban J connectivity index is 2.06. The van der Waals surface area contributed by atoms with Crippen LogP contribution in [0.25, 0.3) is 6.08 Å². The molecule has 1 aromatic rings. The van der Waals surface area contributed by atoms with Crippen molar-refractivity contribution >= 4 is 13.7 Å². The van der Waals surface area contributed by atoms with E-state index in [4.69, 9.17) is 9.05 Å². The molecule has 0 radical (unpaired) electrons. The minimum absolute atomic E-state index is 0.514. The smallest absolute Gasteiger partial charge is 0.312 e. The summed E-state index contributed by atoms with van der Waals surface area (Å²) in [6.45, 7) is 0. The van der Waals surface area contributed by atoms with Gasteiger partial charge in [0.25, 0.3) is 0 Å². The molecule has 0 amide bonds. The third kappa shape index (κ3) is 7.04. The van der Waals surface area contributed by atoms with Crippen LogP contribution >= 0.6 is 7.60 Å². The van der Waals surface area contributed by atoms with Gasteiger partial charge in [-0.2, -0.15) is 0 Å². The quantitative estimate of drug-likeness (QED) is 0.443. The highest BCUT2D eigenvalue weighted by atomic mass is 31.2. The van der Waals surface area contributed by atoms with Crippen molar-refractivity contribution in [2.45, 2.75) is 32.1 Å². The van der Waals surface area contributed by atoms with E-state index in [9.17, 15) is 4.57 Å². The molecule has 3 nitrogen and oxygen atoms in total. The zero-order chi connectivity index (χ0) is 14.7. The first kappa shape index (κ1) is 17.2. The maximum Gasteiger partial charge on any atom is 0.330 e. The summed E-state index contributed by atoms with van der Waals surface area (Å²) in [6.07, 6.45) is 10.2. The lowest BCUT2D eigenvalue weighted by molar-refractivity contribution is 0.275. The lowest BCUT2D eigenvalue weighted by atomic mass is 10.1. The number of unbranched alkanes of at least 4 members (excludes halogenated alkanes) is 4. The van der Waals surface area contributed by atoms with Crippen molar-refractivity contribution in [1.82, 2.24) is 0 Å². The van der Waals surface area contributed by atoms with Crippen LogP contribution < -0.4 is 0 Å². The highest BCUT2D eigenvalue weighted by molar-refractivity contribution is 7.53. The first-order valence-corrected chi connectivity index (χ1v) is 8.85. The molecule has 0 unspecified atom stereocenters. The summed E-state index contributed by atoms with van der Waals surface area (Å²) in [4.78, 5) is 0. The van der Waals surface area contributed by atoms with E-state index in [-0.39, 0.29) is 0 Å². The third-order valence-corrected chi connectivity index (χ3v) is 5.20. The monoisotopic (exact) mass is 296 g/mol. The van der Waals surface area contributed by atoms with Gasteiger partial charge in [-0.15, -0.1) is 0 Å². The normalized spacial score (nSPS) is 12.1. The molecular weight excluding hydrogens is 271 g/mol. The maximum absolute atomic E-state index is 11.8.